The van der Waals surface area contributed by atoms with Crippen LogP contribution in [0.2, 0.25) is 0 Å². The van der Waals surface area contributed by atoms with Crippen LogP contribution in [0.4, 0.5) is 5.69 Å². The highest BCUT2D eigenvalue weighted by Crippen LogP contribution is 2.35. The van der Waals surface area contributed by atoms with Gasteiger partial charge < -0.3 is 4.90 Å². The fourth-order valence-corrected chi connectivity index (χ4v) is 6.14. The number of piperazine rings is 1. The van der Waals surface area contributed by atoms with E-state index in [9.17, 15) is 13.2 Å². The lowest BCUT2D eigenvalue weighted by Crippen LogP contribution is -2.62. The van der Waals surface area contributed by atoms with Crippen LogP contribution in [0.25, 0.3) is 0 Å². The summed E-state index contributed by atoms with van der Waals surface area (Å²) in [6.07, 6.45) is 0. The Balaban J connectivity index is 1.71. The van der Waals surface area contributed by atoms with E-state index >= 15 is 0 Å². The Morgan fingerprint density at radius 3 is 2.15 bits per heavy atom. The topological polar surface area (TPSA) is 57.7 Å². The molecule has 2 aliphatic heterocycles. The van der Waals surface area contributed by atoms with Crippen LogP contribution in [-0.4, -0.2) is 49.4 Å². The van der Waals surface area contributed by atoms with Gasteiger partial charge in [-0.1, -0.05) is 48.5 Å². The van der Waals surface area contributed by atoms with Gasteiger partial charge in [-0.05, 0) is 24.6 Å². The van der Waals surface area contributed by atoms with Crippen molar-refractivity contribution in [1.29, 1.82) is 0 Å². The standard InChI is InChI=1S/C20H22N2O3S/c1-15(16-8-4-2-5-9-16)21-12-20(23)22(17-10-6-3-7-11-17)19-14-26(24,25)13-18(19)21/h2-11,15,18-19H,12-14H2,1H3. The summed E-state index contributed by atoms with van der Waals surface area (Å²) in [6.45, 7) is 2.27. The van der Waals surface area contributed by atoms with Gasteiger partial charge in [0.05, 0.1) is 24.1 Å². The van der Waals surface area contributed by atoms with Crippen LogP contribution in [0.1, 0.15) is 18.5 Å². The van der Waals surface area contributed by atoms with Gasteiger partial charge in [0.1, 0.15) is 0 Å². The van der Waals surface area contributed by atoms with Gasteiger partial charge >= 0.3 is 0 Å². The Labute approximate surface area is 154 Å². The molecule has 0 spiro atoms. The van der Waals surface area contributed by atoms with E-state index in [0.29, 0.717) is 0 Å². The van der Waals surface area contributed by atoms with Gasteiger partial charge in [0.25, 0.3) is 0 Å². The zero-order chi connectivity index (χ0) is 18.3. The van der Waals surface area contributed by atoms with Crippen LogP contribution >= 0.6 is 0 Å². The summed E-state index contributed by atoms with van der Waals surface area (Å²) in [5.74, 6) is 0.0826. The molecule has 0 radical (unpaired) electrons. The maximum Gasteiger partial charge on any atom is 0.241 e. The Morgan fingerprint density at radius 1 is 0.923 bits per heavy atom. The molecule has 4 rings (SSSR count). The second kappa shape index (κ2) is 6.52. The van der Waals surface area contributed by atoms with E-state index < -0.39 is 9.84 Å². The molecular weight excluding hydrogens is 348 g/mol. The predicted octanol–water partition coefficient (Wildman–Crippen LogP) is 2.26. The van der Waals surface area contributed by atoms with Crippen molar-refractivity contribution in [2.24, 2.45) is 0 Å². The number of anilines is 1. The average molecular weight is 370 g/mol. The predicted molar refractivity (Wildman–Crippen MR) is 102 cm³/mol. The van der Waals surface area contributed by atoms with Crippen LogP contribution < -0.4 is 4.90 Å². The first-order valence-corrected chi connectivity index (χ1v) is 10.7. The third kappa shape index (κ3) is 3.04. The maximum atomic E-state index is 13.0. The second-order valence-corrected chi connectivity index (χ2v) is 9.22. The molecule has 2 aliphatic rings. The van der Waals surface area contributed by atoms with E-state index in [1.807, 2.05) is 67.6 Å². The summed E-state index contributed by atoms with van der Waals surface area (Å²) in [6, 6.07) is 18.8. The highest BCUT2D eigenvalue weighted by Gasteiger charge is 2.50. The Hall–Kier alpha value is -2.18. The maximum absolute atomic E-state index is 13.0. The minimum absolute atomic E-state index is 0.0149. The van der Waals surface area contributed by atoms with E-state index in [-0.39, 0.29) is 42.1 Å². The molecule has 136 valence electrons. The fraction of sp³-hybridized carbons (Fsp3) is 0.350. The first kappa shape index (κ1) is 17.2. The number of carbonyl (C=O) groups excluding carboxylic acids is 1. The van der Waals surface area contributed by atoms with Crippen molar-refractivity contribution in [3.63, 3.8) is 0 Å². The lowest BCUT2D eigenvalue weighted by atomic mass is 9.98. The smallest absolute Gasteiger partial charge is 0.241 e. The van der Waals surface area contributed by atoms with Crippen molar-refractivity contribution < 1.29 is 13.2 Å². The molecule has 5 nitrogen and oxygen atoms in total. The number of hydrogen-bond acceptors (Lipinski definition) is 4. The van der Waals surface area contributed by atoms with Crippen LogP contribution in [0.5, 0.6) is 0 Å². The quantitative estimate of drug-likeness (QED) is 0.832. The van der Waals surface area contributed by atoms with Crippen LogP contribution in [0, 0.1) is 0 Å². The van der Waals surface area contributed by atoms with Gasteiger partial charge in [0.15, 0.2) is 9.84 Å². The molecule has 1 amide bonds. The normalized spacial score (nSPS) is 26.5. The molecule has 0 saturated carbocycles. The van der Waals surface area contributed by atoms with Crippen LogP contribution in [-0.2, 0) is 14.6 Å². The summed E-state index contributed by atoms with van der Waals surface area (Å²) in [7, 11) is -3.18. The van der Waals surface area contributed by atoms with Gasteiger partial charge in [-0.2, -0.15) is 0 Å². The SMILES string of the molecule is CC(c1ccccc1)N1CC(=O)N(c2ccccc2)C2CS(=O)(=O)CC21. The van der Waals surface area contributed by atoms with Crippen molar-refractivity contribution in [3.05, 3.63) is 66.2 Å². The Bertz CT molecular complexity index is 899. The van der Waals surface area contributed by atoms with Gasteiger partial charge in [-0.15, -0.1) is 0 Å². The molecule has 3 atom stereocenters. The highest BCUT2D eigenvalue weighted by molar-refractivity contribution is 7.91. The average Bonchev–Trinajstić information content (AvgIpc) is 2.96. The summed E-state index contributed by atoms with van der Waals surface area (Å²) < 4.78 is 24.8. The third-order valence-corrected chi connectivity index (χ3v) is 7.15. The molecule has 6 heteroatoms. The number of amides is 1. The molecule has 0 aliphatic carbocycles. The first-order chi connectivity index (χ1) is 12.5. The first-order valence-electron chi connectivity index (χ1n) is 8.84. The molecule has 2 saturated heterocycles. The number of carbonyl (C=O) groups is 1. The van der Waals surface area contributed by atoms with Crippen LogP contribution in [0.15, 0.2) is 60.7 Å². The van der Waals surface area contributed by atoms with E-state index in [4.69, 9.17) is 0 Å². The zero-order valence-corrected chi connectivity index (χ0v) is 15.5. The molecule has 0 N–H and O–H groups in total. The van der Waals surface area contributed by atoms with E-state index in [2.05, 4.69) is 4.90 Å². The van der Waals surface area contributed by atoms with Gasteiger partial charge in [-0.25, -0.2) is 8.42 Å². The monoisotopic (exact) mass is 370 g/mol. The summed E-state index contributed by atoms with van der Waals surface area (Å²) in [5.41, 5.74) is 1.87. The summed E-state index contributed by atoms with van der Waals surface area (Å²) in [4.78, 5) is 16.7. The molecule has 2 heterocycles. The molecule has 0 aromatic heterocycles. The van der Waals surface area contributed by atoms with E-state index in [0.717, 1.165) is 11.3 Å². The highest BCUT2D eigenvalue weighted by atomic mass is 32.2. The molecule has 2 aromatic rings. The lowest BCUT2D eigenvalue weighted by Gasteiger charge is -2.46. The van der Waals surface area contributed by atoms with Crippen molar-refractivity contribution >= 4 is 21.4 Å². The number of sulfone groups is 1. The molecule has 0 bridgehead atoms. The summed E-state index contributed by atoms with van der Waals surface area (Å²) >= 11 is 0. The number of benzene rings is 2. The minimum atomic E-state index is -3.18. The second-order valence-electron chi connectivity index (χ2n) is 7.07. The molecule has 26 heavy (non-hydrogen) atoms. The third-order valence-electron chi connectivity index (χ3n) is 5.45. The van der Waals surface area contributed by atoms with Crippen LogP contribution in [0.3, 0.4) is 0 Å². The van der Waals surface area contributed by atoms with E-state index in [1.165, 1.54) is 0 Å². The molecule has 2 fully saturated rings. The number of fused-ring (bicyclic) bond motifs is 1. The van der Waals surface area contributed by atoms with Crippen molar-refractivity contribution in [3.8, 4) is 0 Å². The Morgan fingerprint density at radius 2 is 1.50 bits per heavy atom. The van der Waals surface area contributed by atoms with Gasteiger partial charge in [0, 0.05) is 17.8 Å². The molecular formula is C20H22N2O3S. The van der Waals surface area contributed by atoms with Gasteiger partial charge in [-0.3, -0.25) is 9.69 Å². The lowest BCUT2D eigenvalue weighted by molar-refractivity contribution is -0.124. The largest absolute Gasteiger partial charge is 0.306 e. The van der Waals surface area contributed by atoms with Gasteiger partial charge in [0.2, 0.25) is 5.91 Å². The number of hydrogen-bond donors (Lipinski definition) is 0. The van der Waals surface area contributed by atoms with Crippen molar-refractivity contribution in [2.45, 2.75) is 25.0 Å². The number of para-hydroxylation sites is 1. The zero-order valence-electron chi connectivity index (χ0n) is 14.7. The number of nitrogens with zero attached hydrogens (tertiary/aromatic N) is 2. The number of rotatable bonds is 3. The molecule has 3 unspecified atom stereocenters. The minimum Gasteiger partial charge on any atom is -0.306 e. The fourth-order valence-electron chi connectivity index (χ4n) is 4.18. The van der Waals surface area contributed by atoms with Crippen molar-refractivity contribution in [2.75, 3.05) is 23.0 Å². The Kier molecular flexibility index (Phi) is 4.32. The summed E-state index contributed by atoms with van der Waals surface area (Å²) in [5, 5.41) is 0. The van der Waals surface area contributed by atoms with Crippen molar-refractivity contribution in [1.82, 2.24) is 4.90 Å². The van der Waals surface area contributed by atoms with E-state index in [1.54, 1.807) is 4.90 Å². The molecule has 2 aromatic carbocycles.